The van der Waals surface area contributed by atoms with Crippen LogP contribution in [-0.2, 0) is 20.2 Å². The van der Waals surface area contributed by atoms with E-state index in [0.29, 0.717) is 21.5 Å². The number of fused-ring (bicyclic) bond motifs is 2. The maximum Gasteiger partial charge on any atom is 0.313 e. The van der Waals surface area contributed by atoms with Gasteiger partial charge >= 0.3 is 11.4 Å². The molecule has 21 heteroatoms. The Kier molecular flexibility index (Phi) is 9.24. The summed E-state index contributed by atoms with van der Waals surface area (Å²) in [6.45, 7) is 0. The summed E-state index contributed by atoms with van der Waals surface area (Å²) in [5.41, 5.74) is 11.4. The number of hydrogen-bond acceptors (Lipinski definition) is 15. The molecule has 0 aromatic heterocycles. The highest BCUT2D eigenvalue weighted by Crippen LogP contribution is 2.41. The highest BCUT2D eigenvalue weighted by Gasteiger charge is 2.23. The van der Waals surface area contributed by atoms with Crippen molar-refractivity contribution in [3.05, 3.63) is 117 Å². The molecule has 6 rings (SSSR count). The topological polar surface area (TPSA) is 306 Å². The van der Waals surface area contributed by atoms with Gasteiger partial charge < -0.3 is 16.2 Å². The van der Waals surface area contributed by atoms with Crippen molar-refractivity contribution < 1.29 is 40.5 Å². The summed E-state index contributed by atoms with van der Waals surface area (Å²) in [6.07, 6.45) is 0. The lowest BCUT2D eigenvalue weighted by Crippen LogP contribution is -1.97. The first-order valence-electron chi connectivity index (χ1n) is 14.7. The lowest BCUT2D eigenvalue weighted by molar-refractivity contribution is -0.387. The molecule has 0 heterocycles. The number of nitrogen functional groups attached to an aromatic ring is 2. The first kappa shape index (κ1) is 35.9. The number of ether oxygens (including phenoxy) is 1. The van der Waals surface area contributed by atoms with E-state index in [0.717, 1.165) is 36.4 Å². The summed E-state index contributed by atoms with van der Waals surface area (Å²) in [7, 11) is -8.96. The molecular formula is C32H22N8O11S2. The van der Waals surface area contributed by atoms with Crippen molar-refractivity contribution in [2.45, 2.75) is 9.79 Å². The van der Waals surface area contributed by atoms with Crippen LogP contribution in [0.5, 0.6) is 11.5 Å². The highest BCUT2D eigenvalue weighted by molar-refractivity contribution is 7.86. The third-order valence-corrected chi connectivity index (χ3v) is 9.31. The number of nitro groups is 2. The summed E-state index contributed by atoms with van der Waals surface area (Å²) in [6, 6.07) is 20.3. The first-order chi connectivity index (χ1) is 25.0. The second-order valence-electron chi connectivity index (χ2n) is 11.0. The maximum atomic E-state index is 12.0. The lowest BCUT2D eigenvalue weighted by atomic mass is 10.1. The Morgan fingerprint density at radius 3 is 1.30 bits per heavy atom. The average Bonchev–Trinajstić information content (AvgIpc) is 3.10. The van der Waals surface area contributed by atoms with E-state index in [2.05, 4.69) is 20.5 Å². The van der Waals surface area contributed by atoms with Crippen molar-refractivity contribution in [1.82, 2.24) is 0 Å². The molecule has 6 N–H and O–H groups in total. The van der Waals surface area contributed by atoms with E-state index in [1.54, 1.807) is 0 Å². The number of hydrogen-bond donors (Lipinski definition) is 4. The predicted octanol–water partition coefficient (Wildman–Crippen LogP) is 8.09. The summed E-state index contributed by atoms with van der Waals surface area (Å²) >= 11 is 0. The van der Waals surface area contributed by atoms with Crippen molar-refractivity contribution in [2.24, 2.45) is 20.5 Å². The Morgan fingerprint density at radius 1 is 0.547 bits per heavy atom. The molecule has 0 aliphatic heterocycles. The van der Waals surface area contributed by atoms with Gasteiger partial charge in [0.15, 0.2) is 0 Å². The van der Waals surface area contributed by atoms with Gasteiger partial charge in [-0.2, -0.15) is 27.1 Å². The molecule has 0 spiro atoms. The van der Waals surface area contributed by atoms with Crippen LogP contribution in [0.4, 0.5) is 45.5 Å². The Balaban J connectivity index is 1.29. The van der Waals surface area contributed by atoms with Crippen LogP contribution in [0.3, 0.4) is 0 Å². The van der Waals surface area contributed by atoms with Gasteiger partial charge in [0.2, 0.25) is 11.5 Å². The molecule has 0 unspecified atom stereocenters. The third kappa shape index (κ3) is 7.57. The Hall–Kier alpha value is -6.94. The molecule has 0 aliphatic rings. The van der Waals surface area contributed by atoms with Crippen molar-refractivity contribution in [3.8, 4) is 11.5 Å². The fraction of sp³-hybridized carbons (Fsp3) is 0. The molecule has 0 amide bonds. The van der Waals surface area contributed by atoms with E-state index in [1.807, 2.05) is 0 Å². The average molecular weight is 759 g/mol. The van der Waals surface area contributed by atoms with Crippen LogP contribution in [0.1, 0.15) is 0 Å². The molecule has 53 heavy (non-hydrogen) atoms. The number of nitrogens with two attached hydrogens (primary N) is 2. The molecule has 0 atom stereocenters. The molecular weight excluding hydrogens is 737 g/mol. The minimum absolute atomic E-state index is 0.0258. The van der Waals surface area contributed by atoms with Gasteiger partial charge in [0.05, 0.1) is 42.4 Å². The zero-order valence-corrected chi connectivity index (χ0v) is 28.1. The minimum Gasteiger partial charge on any atom is -0.443 e. The van der Waals surface area contributed by atoms with Gasteiger partial charge in [-0.05, 0) is 71.4 Å². The summed E-state index contributed by atoms with van der Waals surface area (Å²) in [4.78, 5) is 21.7. The smallest absolute Gasteiger partial charge is 0.313 e. The Bertz CT molecular complexity index is 2620. The maximum absolute atomic E-state index is 12.0. The van der Waals surface area contributed by atoms with Gasteiger partial charge in [0.25, 0.3) is 20.2 Å². The van der Waals surface area contributed by atoms with E-state index in [-0.39, 0.29) is 55.4 Å². The van der Waals surface area contributed by atoms with Gasteiger partial charge in [-0.15, -0.1) is 10.2 Å². The highest BCUT2D eigenvalue weighted by atomic mass is 32.2. The van der Waals surface area contributed by atoms with Crippen molar-refractivity contribution >= 4 is 87.3 Å². The van der Waals surface area contributed by atoms with Crippen molar-refractivity contribution in [2.75, 3.05) is 11.5 Å². The molecule has 0 aliphatic carbocycles. The number of nitrogens with zero attached hydrogens (tertiary/aromatic N) is 6. The van der Waals surface area contributed by atoms with Crippen LogP contribution in [0.25, 0.3) is 21.5 Å². The van der Waals surface area contributed by atoms with E-state index in [1.165, 1.54) is 60.7 Å². The van der Waals surface area contributed by atoms with E-state index >= 15 is 0 Å². The summed E-state index contributed by atoms with van der Waals surface area (Å²) in [5, 5.41) is 41.8. The molecule has 268 valence electrons. The minimum atomic E-state index is -4.48. The molecule has 0 saturated heterocycles. The van der Waals surface area contributed by atoms with E-state index in [9.17, 15) is 46.2 Å². The van der Waals surface area contributed by atoms with Crippen molar-refractivity contribution in [1.29, 1.82) is 0 Å². The zero-order valence-electron chi connectivity index (χ0n) is 26.5. The monoisotopic (exact) mass is 758 g/mol. The van der Waals surface area contributed by atoms with Gasteiger partial charge in [-0.25, -0.2) is 0 Å². The van der Waals surface area contributed by atoms with Crippen LogP contribution in [0.2, 0.25) is 0 Å². The fourth-order valence-electron chi connectivity index (χ4n) is 5.09. The predicted molar refractivity (Wildman–Crippen MR) is 191 cm³/mol. The fourth-order valence-corrected chi connectivity index (χ4v) is 6.12. The van der Waals surface area contributed by atoms with Crippen molar-refractivity contribution in [3.63, 3.8) is 0 Å². The number of nitro benzene ring substituents is 2. The Labute approximate surface area is 297 Å². The van der Waals surface area contributed by atoms with Crippen LogP contribution in [-0.4, -0.2) is 35.8 Å². The lowest BCUT2D eigenvalue weighted by Gasteiger charge is -2.08. The Morgan fingerprint density at radius 2 is 0.943 bits per heavy atom. The van der Waals surface area contributed by atoms with Crippen LogP contribution >= 0.6 is 0 Å². The number of rotatable bonds is 10. The second kappa shape index (κ2) is 13.6. The standard InChI is InChI=1S/C32H22N8O11S2/c33-25-9-1-17-13-21(52(45,46)47)5-7-23(17)31(25)37-35-19-3-11-29(27(15-19)39(41)42)51-30-12-4-20(16-28(30)40(43)44)36-38-32-24-8-6-22(53(48,49)50)14-18(24)2-10-26(32)34/h1-16H,33-34H2,(H,45,46,47)(H,48,49,50). The molecule has 0 saturated carbocycles. The summed E-state index contributed by atoms with van der Waals surface area (Å²) < 4.78 is 70.5. The number of azo groups is 2. The van der Waals surface area contributed by atoms with Gasteiger partial charge in [0.1, 0.15) is 11.4 Å². The first-order valence-corrected chi connectivity index (χ1v) is 17.6. The van der Waals surface area contributed by atoms with E-state index < -0.39 is 41.5 Å². The normalized spacial score (nSPS) is 12.2. The van der Waals surface area contributed by atoms with Gasteiger partial charge in [-0.1, -0.05) is 24.3 Å². The third-order valence-electron chi connectivity index (χ3n) is 7.61. The quantitative estimate of drug-likeness (QED) is 0.0338. The van der Waals surface area contributed by atoms with Crippen LogP contribution in [0, 0.1) is 20.2 Å². The van der Waals surface area contributed by atoms with Gasteiger partial charge in [-0.3, -0.25) is 29.3 Å². The SMILES string of the molecule is Nc1ccc2cc(S(=O)(=O)O)ccc2c1N=Nc1ccc(Oc2ccc(N=Nc3c(N)ccc4cc(S(=O)(=O)O)ccc34)cc2[N+](=O)[O-])c([N+](=O)[O-])c1. The number of benzene rings is 6. The van der Waals surface area contributed by atoms with Crippen LogP contribution in [0.15, 0.2) is 127 Å². The molecule has 0 radical (unpaired) electrons. The molecule has 6 aromatic carbocycles. The molecule has 6 aromatic rings. The van der Waals surface area contributed by atoms with Crippen LogP contribution < -0.4 is 16.2 Å². The zero-order chi connectivity index (χ0) is 38.2. The molecule has 19 nitrogen and oxygen atoms in total. The number of anilines is 2. The molecule has 0 bridgehead atoms. The second-order valence-corrected chi connectivity index (χ2v) is 13.9. The summed E-state index contributed by atoms with van der Waals surface area (Å²) in [5.74, 6) is -0.747. The van der Waals surface area contributed by atoms with Gasteiger partial charge in [0, 0.05) is 22.9 Å². The van der Waals surface area contributed by atoms with E-state index in [4.69, 9.17) is 16.2 Å². The molecule has 0 fully saturated rings. The largest absolute Gasteiger partial charge is 0.443 e.